The van der Waals surface area contributed by atoms with Crippen molar-refractivity contribution in [1.82, 2.24) is 4.31 Å². The zero-order valence-electron chi connectivity index (χ0n) is 13.9. The molecule has 2 heterocycles. The van der Waals surface area contributed by atoms with E-state index >= 15 is 0 Å². The average molecular weight is 364 g/mol. The van der Waals surface area contributed by atoms with Gasteiger partial charge in [-0.05, 0) is 43.7 Å². The van der Waals surface area contributed by atoms with Gasteiger partial charge >= 0.3 is 0 Å². The molecule has 1 aromatic heterocycles. The van der Waals surface area contributed by atoms with Crippen LogP contribution >= 0.6 is 11.3 Å². The molecule has 1 saturated heterocycles. The van der Waals surface area contributed by atoms with Crippen molar-refractivity contribution in [3.8, 4) is 0 Å². The van der Waals surface area contributed by atoms with Gasteiger partial charge in [0, 0.05) is 24.6 Å². The second-order valence-electron chi connectivity index (χ2n) is 6.29. The topological polar surface area (TPSA) is 54.5 Å². The number of Topliss-reactive ketones (excluding diaryl/α,β-unsaturated/α-hetero) is 1. The summed E-state index contributed by atoms with van der Waals surface area (Å²) in [6.45, 7) is 4.77. The van der Waals surface area contributed by atoms with Crippen LogP contribution in [-0.2, 0) is 10.0 Å². The molecule has 24 heavy (non-hydrogen) atoms. The highest BCUT2D eigenvalue weighted by Gasteiger charge is 2.33. The average Bonchev–Trinajstić information content (AvgIpc) is 3.10. The minimum atomic E-state index is -3.41. The number of sulfonamides is 1. The van der Waals surface area contributed by atoms with Crippen LogP contribution in [-0.4, -0.2) is 31.6 Å². The van der Waals surface area contributed by atoms with Crippen molar-refractivity contribution in [3.63, 3.8) is 0 Å². The molecular weight excluding hydrogens is 342 g/mol. The van der Waals surface area contributed by atoms with E-state index in [1.807, 2.05) is 32.0 Å². The lowest BCUT2D eigenvalue weighted by atomic mass is 9.87. The van der Waals surface area contributed by atoms with Crippen molar-refractivity contribution in [2.75, 3.05) is 13.1 Å². The molecule has 0 radical (unpaired) electrons. The minimum Gasteiger partial charge on any atom is -0.294 e. The van der Waals surface area contributed by atoms with E-state index in [4.69, 9.17) is 0 Å². The van der Waals surface area contributed by atoms with Crippen molar-refractivity contribution < 1.29 is 13.2 Å². The Labute approximate surface area is 147 Å². The van der Waals surface area contributed by atoms with E-state index in [0.717, 1.165) is 16.7 Å². The largest absolute Gasteiger partial charge is 0.294 e. The molecule has 0 atom stereocenters. The molecule has 4 nitrogen and oxygen atoms in total. The summed E-state index contributed by atoms with van der Waals surface area (Å²) in [5.41, 5.74) is 2.90. The van der Waals surface area contributed by atoms with Crippen LogP contribution in [0.25, 0.3) is 0 Å². The molecule has 0 saturated carbocycles. The van der Waals surface area contributed by atoms with Gasteiger partial charge in [-0.1, -0.05) is 29.8 Å². The summed E-state index contributed by atoms with van der Waals surface area (Å²) in [5.74, 6) is 0.0434. The fraction of sp³-hybridized carbons (Fsp3) is 0.389. The van der Waals surface area contributed by atoms with E-state index in [0.29, 0.717) is 30.1 Å². The highest BCUT2D eigenvalue weighted by atomic mass is 32.2. The summed E-state index contributed by atoms with van der Waals surface area (Å²) in [7, 11) is -3.41. The Bertz CT molecular complexity index is 833. The number of carbonyl (C=O) groups is 1. The zero-order chi connectivity index (χ0) is 17.3. The maximum Gasteiger partial charge on any atom is 0.252 e. The zero-order valence-corrected chi connectivity index (χ0v) is 15.5. The van der Waals surface area contributed by atoms with Gasteiger partial charge in [0.2, 0.25) is 0 Å². The lowest BCUT2D eigenvalue weighted by Gasteiger charge is -2.30. The molecule has 128 valence electrons. The number of hydrogen-bond donors (Lipinski definition) is 0. The van der Waals surface area contributed by atoms with E-state index in [1.54, 1.807) is 17.5 Å². The first-order chi connectivity index (χ1) is 11.4. The molecule has 0 bridgehead atoms. The Morgan fingerprint density at radius 1 is 1.17 bits per heavy atom. The fourth-order valence-corrected chi connectivity index (χ4v) is 5.82. The Morgan fingerprint density at radius 2 is 1.88 bits per heavy atom. The van der Waals surface area contributed by atoms with Gasteiger partial charge in [-0.2, -0.15) is 4.31 Å². The van der Waals surface area contributed by atoms with Gasteiger partial charge < -0.3 is 0 Å². The third-order valence-electron chi connectivity index (χ3n) is 4.56. The molecule has 3 rings (SSSR count). The first kappa shape index (κ1) is 17.3. The smallest absolute Gasteiger partial charge is 0.252 e. The summed E-state index contributed by atoms with van der Waals surface area (Å²) in [5, 5.41) is 1.77. The van der Waals surface area contributed by atoms with Crippen LogP contribution in [0.3, 0.4) is 0 Å². The van der Waals surface area contributed by atoms with Crippen molar-refractivity contribution >= 4 is 27.1 Å². The first-order valence-corrected chi connectivity index (χ1v) is 10.4. The number of nitrogens with zero attached hydrogens (tertiary/aromatic N) is 1. The monoisotopic (exact) mass is 363 g/mol. The Balaban J connectivity index is 1.70. The van der Waals surface area contributed by atoms with Gasteiger partial charge in [0.15, 0.2) is 5.78 Å². The highest BCUT2D eigenvalue weighted by Crippen LogP contribution is 2.28. The van der Waals surface area contributed by atoms with Gasteiger partial charge in [0.25, 0.3) is 10.0 Å². The van der Waals surface area contributed by atoms with Crippen molar-refractivity contribution in [1.29, 1.82) is 0 Å². The maximum atomic E-state index is 12.8. The third kappa shape index (κ3) is 3.31. The van der Waals surface area contributed by atoms with Gasteiger partial charge in [0.05, 0.1) is 0 Å². The third-order valence-corrected chi connectivity index (χ3v) is 7.83. The highest BCUT2D eigenvalue weighted by molar-refractivity contribution is 7.91. The molecule has 1 aliphatic heterocycles. The molecule has 0 amide bonds. The Morgan fingerprint density at radius 3 is 2.46 bits per heavy atom. The second-order valence-corrected chi connectivity index (χ2v) is 9.41. The number of thiophene rings is 1. The minimum absolute atomic E-state index is 0.0961. The van der Waals surface area contributed by atoms with E-state index in [-0.39, 0.29) is 11.7 Å². The van der Waals surface area contributed by atoms with Crippen LogP contribution < -0.4 is 0 Å². The molecule has 0 N–H and O–H groups in total. The van der Waals surface area contributed by atoms with Crippen molar-refractivity contribution in [2.45, 2.75) is 30.9 Å². The van der Waals surface area contributed by atoms with E-state index in [1.165, 1.54) is 15.6 Å². The molecule has 1 fully saturated rings. The Kier molecular flexibility index (Phi) is 4.90. The molecule has 6 heteroatoms. The van der Waals surface area contributed by atoms with Gasteiger partial charge in [-0.25, -0.2) is 8.42 Å². The van der Waals surface area contributed by atoms with Gasteiger partial charge in [-0.3, -0.25) is 4.79 Å². The quantitative estimate of drug-likeness (QED) is 0.779. The molecule has 0 aliphatic carbocycles. The van der Waals surface area contributed by atoms with E-state index in [9.17, 15) is 13.2 Å². The van der Waals surface area contributed by atoms with Gasteiger partial charge in [0.1, 0.15) is 4.21 Å². The number of rotatable bonds is 4. The number of hydrogen-bond acceptors (Lipinski definition) is 4. The summed E-state index contributed by atoms with van der Waals surface area (Å²) < 4.78 is 27.0. The van der Waals surface area contributed by atoms with Crippen molar-refractivity contribution in [3.05, 3.63) is 52.4 Å². The maximum absolute atomic E-state index is 12.8. The van der Waals surface area contributed by atoms with E-state index in [2.05, 4.69) is 0 Å². The Hall–Kier alpha value is -1.50. The number of aryl methyl sites for hydroxylation is 2. The summed E-state index contributed by atoms with van der Waals surface area (Å²) in [6.07, 6.45) is 1.16. The summed E-state index contributed by atoms with van der Waals surface area (Å²) in [4.78, 5) is 12.8. The van der Waals surface area contributed by atoms with Gasteiger partial charge in [-0.15, -0.1) is 11.3 Å². The molecule has 0 unspecified atom stereocenters. The van der Waals surface area contributed by atoms with Crippen LogP contribution in [0, 0.1) is 19.8 Å². The molecule has 1 aliphatic rings. The lowest BCUT2D eigenvalue weighted by Crippen LogP contribution is -2.40. The van der Waals surface area contributed by atoms with Crippen LogP contribution in [0.1, 0.15) is 34.3 Å². The molecular formula is C18H21NO3S2. The van der Waals surface area contributed by atoms with E-state index < -0.39 is 10.0 Å². The summed E-state index contributed by atoms with van der Waals surface area (Å²) in [6, 6.07) is 9.24. The number of piperidine rings is 1. The predicted octanol–water partition coefficient (Wildman–Crippen LogP) is 3.65. The fourth-order valence-electron chi connectivity index (χ4n) is 3.21. The summed E-state index contributed by atoms with van der Waals surface area (Å²) >= 11 is 1.23. The van der Waals surface area contributed by atoms with Crippen LogP contribution in [0.4, 0.5) is 0 Å². The molecule has 0 spiro atoms. The van der Waals surface area contributed by atoms with Crippen LogP contribution in [0.15, 0.2) is 39.9 Å². The number of benzene rings is 1. The normalized spacial score (nSPS) is 17.1. The SMILES string of the molecule is Cc1ccc(C(=O)C2CCN(S(=O)(=O)c3cccs3)CC2)c(C)c1. The molecule has 1 aromatic carbocycles. The predicted molar refractivity (Wildman–Crippen MR) is 96.0 cm³/mol. The standard InChI is InChI=1S/C18H21NO3S2/c1-13-5-6-16(14(2)12-13)18(20)15-7-9-19(10-8-15)24(21,22)17-4-3-11-23-17/h3-6,11-12,15H,7-10H2,1-2H3. The van der Waals surface area contributed by atoms with Crippen molar-refractivity contribution in [2.24, 2.45) is 5.92 Å². The number of carbonyl (C=O) groups excluding carboxylic acids is 1. The molecule has 2 aromatic rings. The van der Waals surface area contributed by atoms with Crippen LogP contribution in [0.5, 0.6) is 0 Å². The lowest BCUT2D eigenvalue weighted by molar-refractivity contribution is 0.0874. The van der Waals surface area contributed by atoms with Crippen LogP contribution in [0.2, 0.25) is 0 Å². The number of ketones is 1. The second kappa shape index (κ2) is 6.78. The first-order valence-electron chi connectivity index (χ1n) is 8.04.